The predicted octanol–water partition coefficient (Wildman–Crippen LogP) is 2.10. The van der Waals surface area contributed by atoms with E-state index in [1.54, 1.807) is 0 Å². The molecule has 2 nitrogen and oxygen atoms in total. The molecule has 2 N–H and O–H groups in total. The maximum atomic E-state index is 12.6. The fourth-order valence-electron chi connectivity index (χ4n) is 0.765. The molecular formula is C6H2F6N2. The third-order valence-electron chi connectivity index (χ3n) is 1.35. The standard InChI is InChI=1S/C6H2F6N2/c7-2-1(6(10,11)12)4(9)14-5(13)3(2)8/h(H2,13,14). The zero-order chi connectivity index (χ0) is 11.1. The van der Waals surface area contributed by atoms with Crippen molar-refractivity contribution in [1.29, 1.82) is 0 Å². The lowest BCUT2D eigenvalue weighted by molar-refractivity contribution is -0.143. The Hall–Kier alpha value is -1.47. The molecule has 1 rings (SSSR count). The first-order chi connectivity index (χ1) is 6.25. The molecule has 78 valence electrons. The fourth-order valence-corrected chi connectivity index (χ4v) is 0.765. The number of aromatic nitrogens is 1. The Morgan fingerprint density at radius 1 is 1.00 bits per heavy atom. The second-order valence-corrected chi connectivity index (χ2v) is 2.29. The number of hydrogen-bond donors (Lipinski definition) is 1. The largest absolute Gasteiger partial charge is 0.423 e. The van der Waals surface area contributed by atoms with Crippen molar-refractivity contribution in [2.45, 2.75) is 6.18 Å². The summed E-state index contributed by atoms with van der Waals surface area (Å²) in [6, 6.07) is 0. The average Bonchev–Trinajstić information content (AvgIpc) is 1.97. The highest BCUT2D eigenvalue weighted by molar-refractivity contribution is 5.35. The lowest BCUT2D eigenvalue weighted by Crippen LogP contribution is -2.16. The fraction of sp³-hybridized carbons (Fsp3) is 0.167. The van der Waals surface area contributed by atoms with Gasteiger partial charge in [-0.25, -0.2) is 4.39 Å². The summed E-state index contributed by atoms with van der Waals surface area (Å²) in [5.74, 6) is -7.84. The zero-order valence-electron chi connectivity index (χ0n) is 6.29. The molecule has 8 heteroatoms. The number of hydrogen-bond acceptors (Lipinski definition) is 2. The molecule has 0 unspecified atom stereocenters. The third kappa shape index (κ3) is 1.59. The van der Waals surface area contributed by atoms with E-state index in [9.17, 15) is 26.3 Å². The van der Waals surface area contributed by atoms with Gasteiger partial charge in [0.25, 0.3) is 0 Å². The van der Waals surface area contributed by atoms with Crippen LogP contribution >= 0.6 is 0 Å². The Kier molecular flexibility index (Phi) is 2.30. The van der Waals surface area contributed by atoms with Gasteiger partial charge < -0.3 is 5.73 Å². The van der Waals surface area contributed by atoms with Crippen LogP contribution in [0.25, 0.3) is 0 Å². The first-order valence-electron chi connectivity index (χ1n) is 3.12. The quantitative estimate of drug-likeness (QED) is 0.532. The minimum atomic E-state index is -5.35. The van der Waals surface area contributed by atoms with Crippen molar-refractivity contribution in [2.75, 3.05) is 5.73 Å². The molecule has 0 fully saturated rings. The molecular weight excluding hydrogens is 214 g/mol. The Morgan fingerprint density at radius 2 is 1.50 bits per heavy atom. The summed E-state index contributed by atoms with van der Waals surface area (Å²) in [7, 11) is 0. The van der Waals surface area contributed by atoms with E-state index >= 15 is 0 Å². The Bertz CT molecular complexity index is 372. The molecule has 1 aromatic heterocycles. The summed E-state index contributed by atoms with van der Waals surface area (Å²) in [5, 5.41) is 0. The van der Waals surface area contributed by atoms with Gasteiger partial charge in [-0.3, -0.25) is 0 Å². The normalized spacial score (nSPS) is 11.9. The molecule has 0 saturated heterocycles. The van der Waals surface area contributed by atoms with E-state index < -0.39 is 35.1 Å². The van der Waals surface area contributed by atoms with E-state index in [0.29, 0.717) is 0 Å². The van der Waals surface area contributed by atoms with Gasteiger partial charge in [0.15, 0.2) is 11.6 Å². The van der Waals surface area contributed by atoms with Gasteiger partial charge in [-0.1, -0.05) is 0 Å². The van der Waals surface area contributed by atoms with Crippen LogP contribution in [0.4, 0.5) is 32.2 Å². The number of anilines is 1. The number of alkyl halides is 3. The summed E-state index contributed by atoms with van der Waals surface area (Å²) >= 11 is 0. The van der Waals surface area contributed by atoms with Crippen LogP contribution < -0.4 is 5.73 Å². The lowest BCUT2D eigenvalue weighted by atomic mass is 10.2. The number of nitrogens with two attached hydrogens (primary N) is 1. The molecule has 0 bridgehead atoms. The molecule has 0 amide bonds. The minimum absolute atomic E-state index is 1.26. The number of halogens is 6. The Morgan fingerprint density at radius 3 is 1.93 bits per heavy atom. The summed E-state index contributed by atoms with van der Waals surface area (Å²) < 4.78 is 73.2. The molecule has 0 spiro atoms. The summed E-state index contributed by atoms with van der Waals surface area (Å²) in [6.07, 6.45) is -5.35. The van der Waals surface area contributed by atoms with Gasteiger partial charge in [0.05, 0.1) is 0 Å². The van der Waals surface area contributed by atoms with Gasteiger partial charge in [-0.15, -0.1) is 0 Å². The van der Waals surface area contributed by atoms with E-state index in [2.05, 4.69) is 10.7 Å². The SMILES string of the molecule is Nc1nc(F)c(C(F)(F)F)c(F)c1F. The molecule has 0 aliphatic heterocycles. The molecule has 0 aromatic carbocycles. The van der Waals surface area contributed by atoms with Crippen LogP contribution in [0.3, 0.4) is 0 Å². The van der Waals surface area contributed by atoms with Crippen molar-refractivity contribution in [3.05, 3.63) is 23.1 Å². The number of pyridine rings is 1. The first kappa shape index (κ1) is 10.6. The van der Waals surface area contributed by atoms with Crippen LogP contribution in [0.1, 0.15) is 5.56 Å². The molecule has 0 aliphatic carbocycles. The van der Waals surface area contributed by atoms with Gasteiger partial charge in [0, 0.05) is 0 Å². The molecule has 0 radical (unpaired) electrons. The molecule has 0 aliphatic rings. The maximum absolute atomic E-state index is 12.6. The first-order valence-corrected chi connectivity index (χ1v) is 3.12. The van der Waals surface area contributed by atoms with Gasteiger partial charge >= 0.3 is 6.18 Å². The van der Waals surface area contributed by atoms with Crippen molar-refractivity contribution in [3.8, 4) is 0 Å². The Labute approximate surface area is 73.3 Å². The molecule has 1 heterocycles. The van der Waals surface area contributed by atoms with Crippen LogP contribution in [-0.4, -0.2) is 4.98 Å². The number of nitrogen functional groups attached to an aromatic ring is 1. The maximum Gasteiger partial charge on any atom is 0.423 e. The predicted molar refractivity (Wildman–Crippen MR) is 33.5 cm³/mol. The van der Waals surface area contributed by atoms with Crippen LogP contribution in [-0.2, 0) is 6.18 Å². The number of nitrogens with zero attached hydrogens (tertiary/aromatic N) is 1. The van der Waals surface area contributed by atoms with Crippen LogP contribution in [0, 0.1) is 17.6 Å². The minimum Gasteiger partial charge on any atom is -0.381 e. The molecule has 14 heavy (non-hydrogen) atoms. The van der Waals surface area contributed by atoms with Crippen LogP contribution in [0.2, 0.25) is 0 Å². The molecule has 1 aromatic rings. The zero-order valence-corrected chi connectivity index (χ0v) is 6.29. The summed E-state index contributed by atoms with van der Waals surface area (Å²) in [5.41, 5.74) is 2.22. The highest BCUT2D eigenvalue weighted by Gasteiger charge is 2.40. The van der Waals surface area contributed by atoms with E-state index in [0.717, 1.165) is 0 Å². The summed E-state index contributed by atoms with van der Waals surface area (Å²) in [4.78, 5) is 2.38. The summed E-state index contributed by atoms with van der Waals surface area (Å²) in [6.45, 7) is 0. The van der Waals surface area contributed by atoms with Gasteiger partial charge in [0.1, 0.15) is 5.56 Å². The highest BCUT2D eigenvalue weighted by atomic mass is 19.4. The average molecular weight is 216 g/mol. The second kappa shape index (κ2) is 3.03. The highest BCUT2D eigenvalue weighted by Crippen LogP contribution is 2.34. The third-order valence-corrected chi connectivity index (χ3v) is 1.35. The smallest absolute Gasteiger partial charge is 0.381 e. The van der Waals surface area contributed by atoms with Crippen LogP contribution in [0.15, 0.2) is 0 Å². The van der Waals surface area contributed by atoms with Crippen molar-refractivity contribution in [1.82, 2.24) is 4.98 Å². The monoisotopic (exact) mass is 216 g/mol. The van der Waals surface area contributed by atoms with E-state index in [1.807, 2.05) is 0 Å². The van der Waals surface area contributed by atoms with Gasteiger partial charge in [-0.05, 0) is 0 Å². The van der Waals surface area contributed by atoms with E-state index in [-0.39, 0.29) is 0 Å². The van der Waals surface area contributed by atoms with Gasteiger partial charge in [0.2, 0.25) is 11.8 Å². The van der Waals surface area contributed by atoms with Crippen molar-refractivity contribution in [3.63, 3.8) is 0 Å². The molecule has 0 saturated carbocycles. The van der Waals surface area contributed by atoms with E-state index in [4.69, 9.17) is 0 Å². The van der Waals surface area contributed by atoms with E-state index in [1.165, 1.54) is 0 Å². The van der Waals surface area contributed by atoms with Crippen molar-refractivity contribution in [2.24, 2.45) is 0 Å². The van der Waals surface area contributed by atoms with Crippen molar-refractivity contribution >= 4 is 5.82 Å². The number of rotatable bonds is 0. The van der Waals surface area contributed by atoms with Gasteiger partial charge in [-0.2, -0.15) is 26.9 Å². The Balaban J connectivity index is 3.53. The van der Waals surface area contributed by atoms with Crippen LogP contribution in [0.5, 0.6) is 0 Å². The lowest BCUT2D eigenvalue weighted by Gasteiger charge is -2.09. The van der Waals surface area contributed by atoms with Crippen molar-refractivity contribution < 1.29 is 26.3 Å². The molecule has 0 atom stereocenters. The second-order valence-electron chi connectivity index (χ2n) is 2.29. The topological polar surface area (TPSA) is 38.9 Å².